The predicted octanol–water partition coefficient (Wildman–Crippen LogP) is 5.72. The van der Waals surface area contributed by atoms with Crippen molar-refractivity contribution < 1.29 is 31.1 Å². The number of carbonyl (C=O) groups is 1. The molecule has 11 heteroatoms. The van der Waals surface area contributed by atoms with Gasteiger partial charge in [0.05, 0.1) is 23.0 Å². The van der Waals surface area contributed by atoms with Gasteiger partial charge in [-0.15, -0.1) is 0 Å². The van der Waals surface area contributed by atoms with Crippen LogP contribution in [0.2, 0.25) is 5.15 Å². The minimum atomic E-state index is -5.03. The van der Waals surface area contributed by atoms with Crippen molar-refractivity contribution in [2.24, 2.45) is 0 Å². The molecular formula is C17H14ClF6N3O. The summed E-state index contributed by atoms with van der Waals surface area (Å²) in [6.07, 6.45) is -9.02. The lowest BCUT2D eigenvalue weighted by Gasteiger charge is -2.18. The molecule has 0 saturated carbocycles. The van der Waals surface area contributed by atoms with Crippen molar-refractivity contribution >= 4 is 23.2 Å². The zero-order valence-corrected chi connectivity index (χ0v) is 15.5. The van der Waals surface area contributed by atoms with Crippen LogP contribution in [0.4, 0.5) is 32.0 Å². The van der Waals surface area contributed by atoms with E-state index < -0.39 is 40.5 Å². The third-order valence-corrected chi connectivity index (χ3v) is 3.78. The zero-order chi connectivity index (χ0) is 21.5. The predicted molar refractivity (Wildman–Crippen MR) is 90.1 cm³/mol. The summed E-state index contributed by atoms with van der Waals surface area (Å²) in [6, 6.07) is 0.752. The van der Waals surface area contributed by atoms with Crippen LogP contribution in [0.3, 0.4) is 0 Å². The van der Waals surface area contributed by atoms with Gasteiger partial charge in [-0.2, -0.15) is 26.3 Å². The van der Waals surface area contributed by atoms with E-state index in [2.05, 4.69) is 9.97 Å². The fourth-order valence-corrected chi connectivity index (χ4v) is 2.62. The number of halogens is 7. The van der Waals surface area contributed by atoms with Crippen molar-refractivity contribution in [3.63, 3.8) is 0 Å². The normalized spacial score (nSPS) is 12.8. The van der Waals surface area contributed by atoms with Crippen molar-refractivity contribution in [3.8, 4) is 0 Å². The number of alkyl halides is 6. The lowest BCUT2D eigenvalue weighted by Crippen LogP contribution is -2.20. The van der Waals surface area contributed by atoms with Crippen LogP contribution in [0, 0.1) is 0 Å². The van der Waals surface area contributed by atoms with Crippen LogP contribution in [0.15, 0.2) is 24.4 Å². The zero-order valence-electron chi connectivity index (χ0n) is 14.8. The standard InChI is InChI=1S/C17H14ClF6N3O/c1-15(2,3)12-13(18)27-11(7-25-12)14(28)26-10-5-8(16(19,20)21)4-9(6-10)17(22,23)24/h4-7H,1-3H3,(H,26,28). The highest BCUT2D eigenvalue weighted by Crippen LogP contribution is 2.37. The van der Waals surface area contributed by atoms with E-state index in [0.29, 0.717) is 17.8 Å². The Hall–Kier alpha value is -2.36. The molecule has 0 aliphatic carbocycles. The number of rotatable bonds is 2. The lowest BCUT2D eigenvalue weighted by molar-refractivity contribution is -0.143. The second-order valence-electron chi connectivity index (χ2n) is 6.89. The molecule has 0 unspecified atom stereocenters. The second-order valence-corrected chi connectivity index (χ2v) is 7.25. The lowest BCUT2D eigenvalue weighted by atomic mass is 9.92. The van der Waals surface area contributed by atoms with E-state index in [0.717, 1.165) is 6.20 Å². The third kappa shape index (κ3) is 5.12. The number of carbonyl (C=O) groups excluding carboxylic acids is 1. The van der Waals surface area contributed by atoms with Crippen LogP contribution < -0.4 is 5.32 Å². The van der Waals surface area contributed by atoms with E-state index in [4.69, 9.17) is 11.6 Å². The fraction of sp³-hybridized carbons (Fsp3) is 0.353. The molecule has 0 aliphatic rings. The first-order chi connectivity index (χ1) is 12.6. The van der Waals surface area contributed by atoms with E-state index >= 15 is 0 Å². The summed E-state index contributed by atoms with van der Waals surface area (Å²) in [7, 11) is 0. The number of aromatic nitrogens is 2. The number of nitrogens with zero attached hydrogens (tertiary/aromatic N) is 2. The maximum Gasteiger partial charge on any atom is 0.416 e. The number of anilines is 1. The van der Waals surface area contributed by atoms with Gasteiger partial charge in [0.1, 0.15) is 5.69 Å². The van der Waals surface area contributed by atoms with Crippen LogP contribution in [-0.2, 0) is 17.8 Å². The van der Waals surface area contributed by atoms with Crippen molar-refractivity contribution in [2.75, 3.05) is 5.32 Å². The molecule has 0 spiro atoms. The molecule has 4 nitrogen and oxygen atoms in total. The topological polar surface area (TPSA) is 54.9 Å². The van der Waals surface area contributed by atoms with Gasteiger partial charge in [-0.3, -0.25) is 9.78 Å². The highest BCUT2D eigenvalue weighted by molar-refractivity contribution is 6.30. The molecular weight excluding hydrogens is 412 g/mol. The molecule has 2 aromatic rings. The summed E-state index contributed by atoms with van der Waals surface area (Å²) in [4.78, 5) is 20.0. The van der Waals surface area contributed by atoms with Crippen molar-refractivity contribution in [3.05, 3.63) is 52.1 Å². The monoisotopic (exact) mass is 425 g/mol. The number of amides is 1. The summed E-state index contributed by atoms with van der Waals surface area (Å²) in [5, 5.41) is 1.87. The Bertz CT molecular complexity index is 871. The Balaban J connectivity index is 2.40. The van der Waals surface area contributed by atoms with Crippen molar-refractivity contribution in [2.45, 2.75) is 38.5 Å². The molecule has 0 bridgehead atoms. The Kier molecular flexibility index (Phi) is 5.66. The maximum absolute atomic E-state index is 12.9. The van der Waals surface area contributed by atoms with Gasteiger partial charge in [0.25, 0.3) is 5.91 Å². The van der Waals surface area contributed by atoms with Crippen LogP contribution in [0.25, 0.3) is 0 Å². The summed E-state index contributed by atoms with van der Waals surface area (Å²) in [5.74, 6) is -1.05. The summed E-state index contributed by atoms with van der Waals surface area (Å²) in [5.41, 5.74) is -4.26. The molecule has 2 rings (SSSR count). The van der Waals surface area contributed by atoms with Gasteiger partial charge in [0.15, 0.2) is 5.15 Å². The first kappa shape index (κ1) is 21.9. The van der Waals surface area contributed by atoms with E-state index in [9.17, 15) is 31.1 Å². The van der Waals surface area contributed by atoms with Gasteiger partial charge in [0, 0.05) is 11.1 Å². The maximum atomic E-state index is 12.9. The quantitative estimate of drug-likeness (QED) is 0.626. The summed E-state index contributed by atoms with van der Waals surface area (Å²) < 4.78 is 77.3. The minimum absolute atomic E-state index is 0.0372. The molecule has 0 atom stereocenters. The summed E-state index contributed by atoms with van der Waals surface area (Å²) >= 11 is 5.98. The molecule has 1 aromatic carbocycles. The van der Waals surface area contributed by atoms with Gasteiger partial charge in [-0.25, -0.2) is 4.98 Å². The van der Waals surface area contributed by atoms with E-state index in [-0.39, 0.29) is 16.9 Å². The number of hydrogen-bond acceptors (Lipinski definition) is 3. The number of benzene rings is 1. The van der Waals surface area contributed by atoms with Crippen LogP contribution in [0.1, 0.15) is 48.1 Å². The van der Waals surface area contributed by atoms with Crippen LogP contribution in [-0.4, -0.2) is 15.9 Å². The minimum Gasteiger partial charge on any atom is -0.321 e. The molecule has 0 aliphatic heterocycles. The highest BCUT2D eigenvalue weighted by atomic mass is 35.5. The largest absolute Gasteiger partial charge is 0.416 e. The second kappa shape index (κ2) is 7.23. The van der Waals surface area contributed by atoms with E-state index in [1.54, 1.807) is 20.8 Å². The molecule has 1 heterocycles. The van der Waals surface area contributed by atoms with Gasteiger partial charge >= 0.3 is 12.4 Å². The van der Waals surface area contributed by atoms with Gasteiger partial charge < -0.3 is 5.32 Å². The fourth-order valence-electron chi connectivity index (χ4n) is 2.20. The Morgan fingerprint density at radius 2 is 1.46 bits per heavy atom. The Morgan fingerprint density at radius 1 is 0.964 bits per heavy atom. The molecule has 0 fully saturated rings. The van der Waals surface area contributed by atoms with Crippen LogP contribution in [0.5, 0.6) is 0 Å². The molecule has 28 heavy (non-hydrogen) atoms. The Labute approximate surface area is 160 Å². The average Bonchev–Trinajstić information content (AvgIpc) is 2.51. The molecule has 1 N–H and O–H groups in total. The van der Waals surface area contributed by atoms with E-state index in [1.807, 2.05) is 5.32 Å². The van der Waals surface area contributed by atoms with Gasteiger partial charge in [-0.1, -0.05) is 32.4 Å². The molecule has 0 saturated heterocycles. The first-order valence-corrected chi connectivity index (χ1v) is 8.10. The van der Waals surface area contributed by atoms with E-state index in [1.165, 1.54) is 0 Å². The molecule has 1 aromatic heterocycles. The number of hydrogen-bond donors (Lipinski definition) is 1. The number of nitrogens with one attached hydrogen (secondary N) is 1. The van der Waals surface area contributed by atoms with Crippen molar-refractivity contribution in [1.82, 2.24) is 9.97 Å². The average molecular weight is 426 g/mol. The van der Waals surface area contributed by atoms with Crippen LogP contribution >= 0.6 is 11.6 Å². The van der Waals surface area contributed by atoms with Gasteiger partial charge in [-0.05, 0) is 18.2 Å². The molecule has 0 radical (unpaired) electrons. The first-order valence-electron chi connectivity index (χ1n) is 7.73. The molecule has 1 amide bonds. The molecule has 152 valence electrons. The third-order valence-electron chi connectivity index (χ3n) is 3.52. The smallest absolute Gasteiger partial charge is 0.321 e. The Morgan fingerprint density at radius 3 is 1.86 bits per heavy atom. The summed E-state index contributed by atoms with van der Waals surface area (Å²) in [6.45, 7) is 5.39. The van der Waals surface area contributed by atoms with Gasteiger partial charge in [0.2, 0.25) is 0 Å². The van der Waals surface area contributed by atoms with Crippen molar-refractivity contribution in [1.29, 1.82) is 0 Å². The highest BCUT2D eigenvalue weighted by Gasteiger charge is 2.37. The SMILES string of the molecule is CC(C)(C)c1ncc(C(=O)Nc2cc(C(F)(F)F)cc(C(F)(F)F)c2)nc1Cl.